The van der Waals surface area contributed by atoms with Crippen LogP contribution < -0.4 is 20.9 Å². The average Bonchev–Trinajstić information content (AvgIpc) is 3.14. The minimum Gasteiger partial charge on any atom is -0.469 e. The molecule has 0 aliphatic carbocycles. The Hall–Kier alpha value is -3.58. The first-order valence-electron chi connectivity index (χ1n) is 11.1. The number of aromatic nitrogens is 2. The number of nitrogens with zero attached hydrogens (tertiary/aromatic N) is 4. The molecular formula is C21H24ClN6O9P. The first-order valence-corrected chi connectivity index (χ1v) is 13.0. The van der Waals surface area contributed by atoms with E-state index in [-0.39, 0.29) is 22.4 Å². The Balaban J connectivity index is 1.86. The Morgan fingerprint density at radius 2 is 2.05 bits per heavy atom. The summed E-state index contributed by atoms with van der Waals surface area (Å²) in [6, 6.07) is 5.92. The van der Waals surface area contributed by atoms with Gasteiger partial charge in [-0.15, -0.1) is 0 Å². The van der Waals surface area contributed by atoms with Crippen LogP contribution in [-0.2, 0) is 23.4 Å². The van der Waals surface area contributed by atoms with E-state index in [1.54, 1.807) is 26.0 Å². The van der Waals surface area contributed by atoms with Crippen molar-refractivity contribution in [3.63, 3.8) is 0 Å². The molecule has 17 heteroatoms. The van der Waals surface area contributed by atoms with E-state index in [0.29, 0.717) is 0 Å². The number of azide groups is 1. The molecule has 0 fully saturated rings. The average molecular weight is 571 g/mol. The van der Waals surface area contributed by atoms with Gasteiger partial charge in [0.25, 0.3) is 5.56 Å². The van der Waals surface area contributed by atoms with Gasteiger partial charge in [0.1, 0.15) is 23.6 Å². The van der Waals surface area contributed by atoms with Crippen molar-refractivity contribution in [3.8, 4) is 5.75 Å². The highest BCUT2D eigenvalue weighted by molar-refractivity contribution is 7.52. The van der Waals surface area contributed by atoms with E-state index < -0.39 is 55.9 Å². The molecule has 38 heavy (non-hydrogen) atoms. The molecule has 2 aromatic rings. The van der Waals surface area contributed by atoms with Crippen LogP contribution in [0.3, 0.4) is 0 Å². The number of rotatable bonds is 11. The molecule has 1 aliphatic heterocycles. The van der Waals surface area contributed by atoms with Crippen LogP contribution in [0.2, 0.25) is 5.02 Å². The fraction of sp³-hybridized carbons (Fsp3) is 0.381. The van der Waals surface area contributed by atoms with E-state index in [2.05, 4.69) is 15.1 Å². The highest BCUT2D eigenvalue weighted by atomic mass is 35.5. The number of aliphatic hydroxyl groups excluding tert-OH is 1. The number of H-pyrrole nitrogens is 1. The lowest BCUT2D eigenvalue weighted by molar-refractivity contribution is -0.149. The van der Waals surface area contributed by atoms with Crippen molar-refractivity contribution in [2.24, 2.45) is 5.11 Å². The van der Waals surface area contributed by atoms with Crippen molar-refractivity contribution in [1.82, 2.24) is 14.6 Å². The van der Waals surface area contributed by atoms with Crippen LogP contribution in [0, 0.1) is 0 Å². The van der Waals surface area contributed by atoms with Gasteiger partial charge in [-0.3, -0.25) is 19.1 Å². The van der Waals surface area contributed by atoms with Crippen LogP contribution in [-0.4, -0.2) is 51.6 Å². The third-order valence-electron chi connectivity index (χ3n) is 4.83. The van der Waals surface area contributed by atoms with Gasteiger partial charge in [-0.2, -0.15) is 5.09 Å². The Bertz CT molecular complexity index is 1430. The molecule has 0 bridgehead atoms. The molecule has 0 amide bonds. The Kier molecular flexibility index (Phi) is 9.39. The zero-order valence-electron chi connectivity index (χ0n) is 20.3. The maximum atomic E-state index is 13.7. The lowest BCUT2D eigenvalue weighted by atomic mass is 10.2. The van der Waals surface area contributed by atoms with Gasteiger partial charge in [0.2, 0.25) is 5.88 Å². The quantitative estimate of drug-likeness (QED) is 0.118. The molecule has 0 saturated heterocycles. The van der Waals surface area contributed by atoms with E-state index in [0.717, 1.165) is 16.8 Å². The summed E-state index contributed by atoms with van der Waals surface area (Å²) in [4.78, 5) is 40.6. The fourth-order valence-electron chi connectivity index (χ4n) is 3.14. The number of aromatic amines is 1. The second kappa shape index (κ2) is 12.3. The van der Waals surface area contributed by atoms with Crippen molar-refractivity contribution in [2.75, 3.05) is 6.61 Å². The highest BCUT2D eigenvalue weighted by Crippen LogP contribution is 2.47. The predicted molar refractivity (Wildman–Crippen MR) is 134 cm³/mol. The topological polar surface area (TPSA) is 207 Å². The van der Waals surface area contributed by atoms with Gasteiger partial charge < -0.3 is 19.1 Å². The lowest BCUT2D eigenvalue weighted by Crippen LogP contribution is -2.37. The summed E-state index contributed by atoms with van der Waals surface area (Å²) < 4.78 is 36.2. The SMILES string of the molecule is CC(C)OC(=O)[C@H](C)NP(=O)(OC[C@H]1OC(n2ccc(=O)[nH]c2=O)=C(N=[N+]=[N-])[C@@H]1O)Oc1ccccc1Cl. The van der Waals surface area contributed by atoms with Gasteiger partial charge in [-0.05, 0) is 38.4 Å². The molecule has 3 N–H and O–H groups in total. The van der Waals surface area contributed by atoms with Crippen molar-refractivity contribution in [2.45, 2.75) is 45.1 Å². The number of hydrogen-bond acceptors (Lipinski definition) is 10. The third kappa shape index (κ3) is 7.04. The first kappa shape index (κ1) is 29.0. The first-order chi connectivity index (χ1) is 17.9. The molecule has 1 unspecified atom stereocenters. The van der Waals surface area contributed by atoms with E-state index >= 15 is 0 Å². The standard InChI is InChI=1S/C21H24ClN6O9P/c1-11(2)35-20(31)12(3)26-38(33,37-14-7-5-4-6-13(14)22)34-10-15-18(30)17(25-27-23)19(36-15)28-9-8-16(29)24-21(28)32/h4-9,11-12,15,18,30H,10H2,1-3H3,(H,26,33)(H,24,29,32)/t12-,15+,18+,38?/m0/s1. The van der Waals surface area contributed by atoms with Crippen molar-refractivity contribution in [3.05, 3.63) is 78.5 Å². The minimum absolute atomic E-state index is 0.0318. The van der Waals surface area contributed by atoms with Crippen LogP contribution in [0.25, 0.3) is 16.3 Å². The molecule has 2 heterocycles. The largest absolute Gasteiger partial charge is 0.469 e. The molecule has 0 radical (unpaired) electrons. The lowest BCUT2D eigenvalue weighted by Gasteiger charge is -2.25. The number of halogens is 1. The summed E-state index contributed by atoms with van der Waals surface area (Å²) in [6.07, 6.45) is -2.39. The summed E-state index contributed by atoms with van der Waals surface area (Å²) in [6.45, 7) is 4.01. The predicted octanol–water partition coefficient (Wildman–Crippen LogP) is 2.52. The Labute approximate surface area is 220 Å². The number of aliphatic hydroxyl groups is 1. The summed E-state index contributed by atoms with van der Waals surface area (Å²) in [5.74, 6) is -1.15. The molecule has 0 spiro atoms. The van der Waals surface area contributed by atoms with E-state index in [1.807, 2.05) is 4.98 Å². The summed E-state index contributed by atoms with van der Waals surface area (Å²) in [5.41, 5.74) is 6.91. The van der Waals surface area contributed by atoms with Gasteiger partial charge in [0.15, 0.2) is 6.10 Å². The third-order valence-corrected chi connectivity index (χ3v) is 6.77. The van der Waals surface area contributed by atoms with Crippen LogP contribution in [0.15, 0.2) is 56.9 Å². The number of para-hydroxylation sites is 1. The molecule has 0 saturated carbocycles. The fourth-order valence-corrected chi connectivity index (χ4v) is 4.89. The van der Waals surface area contributed by atoms with Crippen molar-refractivity contribution in [1.29, 1.82) is 0 Å². The second-order valence-corrected chi connectivity index (χ2v) is 10.2. The number of carbonyl (C=O) groups is 1. The number of ether oxygens (including phenoxy) is 2. The van der Waals surface area contributed by atoms with Gasteiger partial charge in [-0.1, -0.05) is 28.8 Å². The van der Waals surface area contributed by atoms with Crippen LogP contribution in [0.5, 0.6) is 5.75 Å². The zero-order valence-corrected chi connectivity index (χ0v) is 22.0. The normalized spacial score (nSPS) is 19.3. The molecular weight excluding hydrogens is 547 g/mol. The van der Waals surface area contributed by atoms with Gasteiger partial charge >= 0.3 is 19.4 Å². The van der Waals surface area contributed by atoms with Gasteiger partial charge in [-0.25, -0.2) is 13.9 Å². The number of hydrogen-bond donors (Lipinski definition) is 3. The molecule has 4 atom stereocenters. The maximum absolute atomic E-state index is 13.7. The molecule has 15 nitrogen and oxygen atoms in total. The number of esters is 1. The van der Waals surface area contributed by atoms with Gasteiger partial charge in [0.05, 0.1) is 17.7 Å². The maximum Gasteiger partial charge on any atom is 0.459 e. The summed E-state index contributed by atoms with van der Waals surface area (Å²) >= 11 is 6.12. The monoisotopic (exact) mass is 570 g/mol. The van der Waals surface area contributed by atoms with Crippen LogP contribution in [0.1, 0.15) is 20.8 Å². The van der Waals surface area contributed by atoms with Crippen molar-refractivity contribution < 1.29 is 33.0 Å². The molecule has 1 aromatic heterocycles. The van der Waals surface area contributed by atoms with E-state index in [1.165, 1.54) is 19.1 Å². The Morgan fingerprint density at radius 3 is 2.68 bits per heavy atom. The molecule has 3 rings (SSSR count). The molecule has 1 aliphatic rings. The summed E-state index contributed by atoms with van der Waals surface area (Å²) in [5, 5.41) is 16.6. The highest BCUT2D eigenvalue weighted by Gasteiger charge is 2.40. The molecule has 1 aromatic carbocycles. The zero-order chi connectivity index (χ0) is 28.0. The van der Waals surface area contributed by atoms with Gasteiger partial charge in [0, 0.05) is 17.2 Å². The second-order valence-electron chi connectivity index (χ2n) is 8.11. The van der Waals surface area contributed by atoms with E-state index in [9.17, 15) is 24.1 Å². The van der Waals surface area contributed by atoms with Crippen LogP contribution >= 0.6 is 19.3 Å². The van der Waals surface area contributed by atoms with Crippen LogP contribution in [0.4, 0.5) is 0 Å². The minimum atomic E-state index is -4.41. The Morgan fingerprint density at radius 1 is 1.34 bits per heavy atom. The van der Waals surface area contributed by atoms with E-state index in [4.69, 9.17) is 35.7 Å². The number of carbonyl (C=O) groups excluding carboxylic acids is 1. The smallest absolute Gasteiger partial charge is 0.459 e. The number of nitrogens with one attached hydrogen (secondary N) is 2. The summed E-state index contributed by atoms with van der Waals surface area (Å²) in [7, 11) is -4.41. The van der Waals surface area contributed by atoms with Crippen molar-refractivity contribution >= 4 is 31.2 Å². The molecule has 204 valence electrons. The number of benzene rings is 1.